The highest BCUT2D eigenvalue weighted by molar-refractivity contribution is 5.96. The monoisotopic (exact) mass is 310 g/mol. The molecule has 1 heterocycles. The van der Waals surface area contributed by atoms with Crippen LogP contribution < -0.4 is 5.43 Å². The van der Waals surface area contributed by atoms with Gasteiger partial charge in [-0.1, -0.05) is 26.8 Å². The Morgan fingerprint density at radius 2 is 1.83 bits per heavy atom. The maximum Gasteiger partial charge on any atom is 0.335 e. The third-order valence-electron chi connectivity index (χ3n) is 4.58. The first-order chi connectivity index (χ1) is 10.8. The average molecular weight is 310 g/mol. The van der Waals surface area contributed by atoms with E-state index in [4.69, 9.17) is 9.52 Å². The first kappa shape index (κ1) is 15.3. The minimum absolute atomic E-state index is 0.00508. The molecule has 0 bridgehead atoms. The van der Waals surface area contributed by atoms with E-state index in [-0.39, 0.29) is 16.4 Å². The Bertz CT molecular complexity index is 980. The van der Waals surface area contributed by atoms with Gasteiger partial charge in [0.15, 0.2) is 0 Å². The predicted octanol–water partition coefficient (Wildman–Crippen LogP) is 4.33. The standard InChI is InChI=1S/C19H18O4/c1-4-19(2,3)12-6-7-13-16(10-12)23-15-8-5-11(18(21)22)9-14(15)17(13)20/h5-10H,4H2,1-3H3,(H,21,22). The molecule has 118 valence electrons. The van der Waals surface area contributed by atoms with Crippen molar-refractivity contribution in [1.82, 2.24) is 0 Å². The molecule has 0 spiro atoms. The predicted molar refractivity (Wildman–Crippen MR) is 90.3 cm³/mol. The third kappa shape index (κ3) is 2.50. The number of carboxylic acid groups (broad SMARTS) is 1. The SMILES string of the molecule is CCC(C)(C)c1ccc2c(=O)c3cc(C(=O)O)ccc3oc2c1. The lowest BCUT2D eigenvalue weighted by Crippen LogP contribution is -2.15. The van der Waals surface area contributed by atoms with Crippen LogP contribution in [-0.2, 0) is 5.41 Å². The van der Waals surface area contributed by atoms with E-state index < -0.39 is 5.97 Å². The van der Waals surface area contributed by atoms with E-state index in [1.165, 1.54) is 18.2 Å². The van der Waals surface area contributed by atoms with Crippen molar-refractivity contribution in [2.75, 3.05) is 0 Å². The number of benzene rings is 2. The van der Waals surface area contributed by atoms with Crippen LogP contribution in [0.5, 0.6) is 0 Å². The quantitative estimate of drug-likeness (QED) is 0.731. The summed E-state index contributed by atoms with van der Waals surface area (Å²) in [6.07, 6.45) is 0.971. The molecular formula is C19H18O4. The Morgan fingerprint density at radius 1 is 1.09 bits per heavy atom. The topological polar surface area (TPSA) is 67.5 Å². The molecule has 0 saturated heterocycles. The van der Waals surface area contributed by atoms with Crippen LogP contribution in [0.25, 0.3) is 21.9 Å². The molecule has 0 fully saturated rings. The van der Waals surface area contributed by atoms with Crippen LogP contribution in [0.2, 0.25) is 0 Å². The number of rotatable bonds is 3. The van der Waals surface area contributed by atoms with Crippen molar-refractivity contribution in [3.05, 3.63) is 57.7 Å². The minimum atomic E-state index is -1.06. The fourth-order valence-corrected chi connectivity index (χ4v) is 2.61. The largest absolute Gasteiger partial charge is 0.478 e. The van der Waals surface area contributed by atoms with Gasteiger partial charge in [-0.2, -0.15) is 0 Å². The van der Waals surface area contributed by atoms with E-state index in [0.717, 1.165) is 12.0 Å². The van der Waals surface area contributed by atoms with Gasteiger partial charge < -0.3 is 9.52 Å². The summed E-state index contributed by atoms with van der Waals surface area (Å²) in [7, 11) is 0. The maximum absolute atomic E-state index is 12.6. The van der Waals surface area contributed by atoms with Crippen LogP contribution in [-0.4, -0.2) is 11.1 Å². The maximum atomic E-state index is 12.6. The number of carbonyl (C=O) groups is 1. The van der Waals surface area contributed by atoms with Gasteiger partial charge >= 0.3 is 5.97 Å². The van der Waals surface area contributed by atoms with E-state index in [0.29, 0.717) is 21.9 Å². The zero-order chi connectivity index (χ0) is 16.8. The Hall–Kier alpha value is -2.62. The zero-order valence-electron chi connectivity index (χ0n) is 13.3. The first-order valence-corrected chi connectivity index (χ1v) is 7.58. The zero-order valence-corrected chi connectivity index (χ0v) is 13.3. The number of hydrogen-bond acceptors (Lipinski definition) is 3. The molecule has 0 atom stereocenters. The van der Waals surface area contributed by atoms with Gasteiger partial charge in [0.25, 0.3) is 0 Å². The van der Waals surface area contributed by atoms with E-state index in [1.54, 1.807) is 6.07 Å². The van der Waals surface area contributed by atoms with Crippen LogP contribution in [0.1, 0.15) is 43.1 Å². The molecule has 3 aromatic rings. The van der Waals surface area contributed by atoms with Crippen molar-refractivity contribution in [1.29, 1.82) is 0 Å². The van der Waals surface area contributed by atoms with Gasteiger partial charge in [-0.15, -0.1) is 0 Å². The van der Waals surface area contributed by atoms with Gasteiger partial charge in [0, 0.05) is 0 Å². The highest BCUT2D eigenvalue weighted by atomic mass is 16.4. The molecule has 23 heavy (non-hydrogen) atoms. The summed E-state index contributed by atoms with van der Waals surface area (Å²) in [6.45, 7) is 6.41. The Morgan fingerprint density at radius 3 is 2.48 bits per heavy atom. The molecule has 0 aliphatic rings. The number of aromatic carboxylic acids is 1. The molecule has 1 N–H and O–H groups in total. The fraction of sp³-hybridized carbons (Fsp3) is 0.263. The molecule has 0 saturated carbocycles. The molecule has 0 radical (unpaired) electrons. The summed E-state index contributed by atoms with van der Waals surface area (Å²) in [4.78, 5) is 23.7. The normalized spacial score (nSPS) is 12.0. The number of fused-ring (bicyclic) bond motifs is 2. The second-order valence-corrected chi connectivity index (χ2v) is 6.40. The van der Waals surface area contributed by atoms with E-state index in [1.807, 2.05) is 12.1 Å². The van der Waals surface area contributed by atoms with E-state index in [2.05, 4.69) is 20.8 Å². The smallest absolute Gasteiger partial charge is 0.335 e. The Balaban J connectivity index is 2.32. The van der Waals surface area contributed by atoms with Gasteiger partial charge in [0.2, 0.25) is 5.43 Å². The lowest BCUT2D eigenvalue weighted by molar-refractivity contribution is 0.0697. The van der Waals surface area contributed by atoms with Gasteiger partial charge in [0.1, 0.15) is 11.2 Å². The summed E-state index contributed by atoms with van der Waals surface area (Å²) in [6, 6.07) is 9.96. The van der Waals surface area contributed by atoms with Crippen LogP contribution >= 0.6 is 0 Å². The summed E-state index contributed by atoms with van der Waals surface area (Å²) < 4.78 is 5.85. The molecule has 0 aliphatic carbocycles. The second kappa shape index (κ2) is 5.23. The fourth-order valence-electron chi connectivity index (χ4n) is 2.61. The molecule has 0 amide bonds. The highest BCUT2D eigenvalue weighted by Crippen LogP contribution is 2.29. The van der Waals surface area contributed by atoms with Crippen molar-refractivity contribution in [2.45, 2.75) is 32.6 Å². The van der Waals surface area contributed by atoms with Gasteiger partial charge in [0.05, 0.1) is 16.3 Å². The summed E-state index contributed by atoms with van der Waals surface area (Å²) >= 11 is 0. The van der Waals surface area contributed by atoms with E-state index in [9.17, 15) is 9.59 Å². The summed E-state index contributed by atoms with van der Waals surface area (Å²) in [5.74, 6) is -1.06. The molecule has 1 aromatic heterocycles. The van der Waals surface area contributed by atoms with Crippen molar-refractivity contribution in [3.63, 3.8) is 0 Å². The molecule has 4 nitrogen and oxygen atoms in total. The van der Waals surface area contributed by atoms with Gasteiger partial charge in [-0.25, -0.2) is 4.79 Å². The van der Waals surface area contributed by atoms with Gasteiger partial charge in [-0.05, 0) is 47.7 Å². The highest BCUT2D eigenvalue weighted by Gasteiger charge is 2.19. The number of hydrogen-bond donors (Lipinski definition) is 1. The van der Waals surface area contributed by atoms with Crippen molar-refractivity contribution in [3.8, 4) is 0 Å². The van der Waals surface area contributed by atoms with Crippen LogP contribution in [0, 0.1) is 0 Å². The number of carboxylic acids is 1. The third-order valence-corrected chi connectivity index (χ3v) is 4.58. The summed E-state index contributed by atoms with van der Waals surface area (Å²) in [5, 5.41) is 9.83. The lowest BCUT2D eigenvalue weighted by atomic mass is 9.82. The second-order valence-electron chi connectivity index (χ2n) is 6.40. The average Bonchev–Trinajstić information content (AvgIpc) is 2.54. The van der Waals surface area contributed by atoms with Gasteiger partial charge in [-0.3, -0.25) is 4.79 Å². The minimum Gasteiger partial charge on any atom is -0.478 e. The van der Waals surface area contributed by atoms with Crippen LogP contribution in [0.3, 0.4) is 0 Å². The van der Waals surface area contributed by atoms with Crippen molar-refractivity contribution < 1.29 is 14.3 Å². The molecule has 3 rings (SSSR count). The summed E-state index contributed by atoms with van der Waals surface area (Å²) in [5.41, 5.74) is 1.91. The van der Waals surface area contributed by atoms with Crippen LogP contribution in [0.15, 0.2) is 45.6 Å². The molecule has 4 heteroatoms. The molecule has 2 aromatic carbocycles. The first-order valence-electron chi connectivity index (χ1n) is 7.58. The van der Waals surface area contributed by atoms with E-state index >= 15 is 0 Å². The van der Waals surface area contributed by atoms with Crippen LogP contribution in [0.4, 0.5) is 0 Å². The van der Waals surface area contributed by atoms with Crippen molar-refractivity contribution >= 4 is 27.9 Å². The Labute approximate surface area is 133 Å². The molecule has 0 unspecified atom stereocenters. The van der Waals surface area contributed by atoms with Crippen molar-refractivity contribution in [2.24, 2.45) is 0 Å². The molecular weight excluding hydrogens is 292 g/mol. The lowest BCUT2D eigenvalue weighted by Gasteiger charge is -2.23. The molecule has 0 aliphatic heterocycles. The Kier molecular flexibility index (Phi) is 3.48.